The smallest absolute Gasteiger partial charge is 0.191 e. The molecule has 0 aliphatic carbocycles. The highest BCUT2D eigenvalue weighted by atomic mass is 16.5. The Morgan fingerprint density at radius 2 is 2.22 bits per heavy atom. The van der Waals surface area contributed by atoms with E-state index < -0.39 is 6.10 Å². The van der Waals surface area contributed by atoms with Crippen LogP contribution in [0.2, 0.25) is 0 Å². The SMILES string of the molecule is COc1ccc(C(O)CNC2=NCCCN2)cc1. The Bertz CT molecular complexity index is 403. The van der Waals surface area contributed by atoms with E-state index in [9.17, 15) is 5.11 Å². The highest BCUT2D eigenvalue weighted by molar-refractivity contribution is 5.80. The van der Waals surface area contributed by atoms with E-state index >= 15 is 0 Å². The van der Waals surface area contributed by atoms with Crippen molar-refractivity contribution in [3.05, 3.63) is 29.8 Å². The molecule has 5 heteroatoms. The first-order chi connectivity index (χ1) is 8.79. The molecule has 2 rings (SSSR count). The summed E-state index contributed by atoms with van der Waals surface area (Å²) in [4.78, 5) is 4.29. The quantitative estimate of drug-likeness (QED) is 0.733. The Morgan fingerprint density at radius 1 is 1.44 bits per heavy atom. The molecule has 1 aliphatic rings. The summed E-state index contributed by atoms with van der Waals surface area (Å²) in [6, 6.07) is 7.41. The molecule has 0 amide bonds. The maximum atomic E-state index is 10.0. The van der Waals surface area contributed by atoms with Crippen LogP contribution < -0.4 is 15.4 Å². The number of ether oxygens (including phenoxy) is 1. The average Bonchev–Trinajstić information content (AvgIpc) is 2.46. The number of benzene rings is 1. The summed E-state index contributed by atoms with van der Waals surface area (Å²) in [5.74, 6) is 1.56. The van der Waals surface area contributed by atoms with Gasteiger partial charge in [-0.1, -0.05) is 12.1 Å². The topological polar surface area (TPSA) is 65.9 Å². The summed E-state index contributed by atoms with van der Waals surface area (Å²) in [6.45, 7) is 2.22. The highest BCUT2D eigenvalue weighted by Crippen LogP contribution is 2.16. The van der Waals surface area contributed by atoms with Crippen molar-refractivity contribution in [1.29, 1.82) is 0 Å². The number of guanidine groups is 1. The summed E-state index contributed by atoms with van der Waals surface area (Å²) in [5, 5.41) is 16.3. The largest absolute Gasteiger partial charge is 0.497 e. The van der Waals surface area contributed by atoms with Gasteiger partial charge in [-0.15, -0.1) is 0 Å². The third kappa shape index (κ3) is 3.37. The normalized spacial score (nSPS) is 16.4. The number of hydrogen-bond acceptors (Lipinski definition) is 5. The van der Waals surface area contributed by atoms with Gasteiger partial charge in [0, 0.05) is 19.6 Å². The molecule has 3 N–H and O–H groups in total. The van der Waals surface area contributed by atoms with Crippen molar-refractivity contribution < 1.29 is 9.84 Å². The Hall–Kier alpha value is -1.75. The van der Waals surface area contributed by atoms with Gasteiger partial charge in [0.25, 0.3) is 0 Å². The molecule has 1 heterocycles. The Kier molecular flexibility index (Phi) is 4.41. The van der Waals surface area contributed by atoms with Crippen molar-refractivity contribution in [1.82, 2.24) is 10.6 Å². The zero-order valence-corrected chi connectivity index (χ0v) is 10.5. The highest BCUT2D eigenvalue weighted by Gasteiger charge is 2.09. The molecule has 1 aliphatic heterocycles. The summed E-state index contributed by atoms with van der Waals surface area (Å²) < 4.78 is 5.08. The predicted molar refractivity (Wildman–Crippen MR) is 70.9 cm³/mol. The van der Waals surface area contributed by atoms with E-state index in [0.717, 1.165) is 36.8 Å². The minimum atomic E-state index is -0.553. The molecule has 0 aromatic heterocycles. The first-order valence-corrected chi connectivity index (χ1v) is 6.14. The van der Waals surface area contributed by atoms with E-state index in [2.05, 4.69) is 15.6 Å². The van der Waals surface area contributed by atoms with Gasteiger partial charge in [0.05, 0.1) is 13.2 Å². The molecule has 18 heavy (non-hydrogen) atoms. The fourth-order valence-electron chi connectivity index (χ4n) is 1.79. The van der Waals surface area contributed by atoms with Crippen LogP contribution in [0.5, 0.6) is 5.75 Å². The number of aliphatic hydroxyl groups is 1. The molecule has 0 spiro atoms. The number of nitrogens with zero attached hydrogens (tertiary/aromatic N) is 1. The second kappa shape index (κ2) is 6.26. The Balaban J connectivity index is 1.86. The van der Waals surface area contributed by atoms with Crippen LogP contribution in [0.4, 0.5) is 0 Å². The molecule has 0 fully saturated rings. The van der Waals surface area contributed by atoms with Gasteiger partial charge < -0.3 is 20.5 Å². The Morgan fingerprint density at radius 3 is 2.83 bits per heavy atom. The number of aliphatic imine (C=N–C) groups is 1. The van der Waals surface area contributed by atoms with Crippen molar-refractivity contribution in [2.45, 2.75) is 12.5 Å². The fraction of sp³-hybridized carbons (Fsp3) is 0.462. The van der Waals surface area contributed by atoms with E-state index in [-0.39, 0.29) is 0 Å². The molecule has 1 aromatic carbocycles. The van der Waals surface area contributed by atoms with Gasteiger partial charge in [0.1, 0.15) is 5.75 Å². The first kappa shape index (κ1) is 12.7. The standard InChI is InChI=1S/C13H19N3O2/c1-18-11-5-3-10(4-6-11)12(17)9-16-13-14-7-2-8-15-13/h3-6,12,17H,2,7-9H2,1H3,(H2,14,15,16). The molecule has 5 nitrogen and oxygen atoms in total. The molecule has 1 unspecified atom stereocenters. The van der Waals surface area contributed by atoms with Gasteiger partial charge >= 0.3 is 0 Å². The molecule has 1 atom stereocenters. The van der Waals surface area contributed by atoms with Gasteiger partial charge in [0.2, 0.25) is 0 Å². The van der Waals surface area contributed by atoms with Gasteiger partial charge in [-0.3, -0.25) is 4.99 Å². The van der Waals surface area contributed by atoms with Crippen LogP contribution in [-0.4, -0.2) is 37.8 Å². The number of rotatable bonds is 4. The lowest BCUT2D eigenvalue weighted by molar-refractivity contribution is 0.180. The summed E-state index contributed by atoms with van der Waals surface area (Å²) >= 11 is 0. The van der Waals surface area contributed by atoms with Gasteiger partial charge in [-0.05, 0) is 24.1 Å². The first-order valence-electron chi connectivity index (χ1n) is 6.14. The number of hydrogen-bond donors (Lipinski definition) is 3. The third-order valence-electron chi connectivity index (χ3n) is 2.86. The molecular weight excluding hydrogens is 230 g/mol. The van der Waals surface area contributed by atoms with Crippen molar-refractivity contribution in [3.63, 3.8) is 0 Å². The van der Waals surface area contributed by atoms with E-state index in [1.807, 2.05) is 24.3 Å². The molecule has 0 saturated heterocycles. The summed E-state index contributed by atoms with van der Waals surface area (Å²) in [7, 11) is 1.62. The maximum absolute atomic E-state index is 10.0. The van der Waals surface area contributed by atoms with Crippen molar-refractivity contribution in [3.8, 4) is 5.75 Å². The van der Waals surface area contributed by atoms with Crippen LogP contribution in [0.15, 0.2) is 29.3 Å². The van der Waals surface area contributed by atoms with Crippen molar-refractivity contribution in [2.75, 3.05) is 26.7 Å². The minimum absolute atomic E-state index is 0.443. The lowest BCUT2D eigenvalue weighted by Crippen LogP contribution is -2.42. The van der Waals surface area contributed by atoms with E-state index in [1.54, 1.807) is 7.11 Å². The zero-order valence-electron chi connectivity index (χ0n) is 10.5. The van der Waals surface area contributed by atoms with E-state index in [1.165, 1.54) is 0 Å². The fourth-order valence-corrected chi connectivity index (χ4v) is 1.79. The van der Waals surface area contributed by atoms with Crippen LogP contribution >= 0.6 is 0 Å². The predicted octanol–water partition coefficient (Wildman–Crippen LogP) is 0.667. The van der Waals surface area contributed by atoms with Crippen LogP contribution in [0.25, 0.3) is 0 Å². The number of aliphatic hydroxyl groups excluding tert-OH is 1. The number of methoxy groups -OCH3 is 1. The molecule has 0 bridgehead atoms. The third-order valence-corrected chi connectivity index (χ3v) is 2.86. The van der Waals surface area contributed by atoms with Crippen LogP contribution in [0.3, 0.4) is 0 Å². The number of nitrogens with one attached hydrogen (secondary N) is 2. The summed E-state index contributed by atoms with van der Waals surface area (Å²) in [6.07, 6.45) is 0.508. The molecule has 0 saturated carbocycles. The van der Waals surface area contributed by atoms with E-state index in [0.29, 0.717) is 6.54 Å². The lowest BCUT2D eigenvalue weighted by Gasteiger charge is -2.18. The van der Waals surface area contributed by atoms with Crippen LogP contribution in [0, 0.1) is 0 Å². The second-order valence-electron chi connectivity index (χ2n) is 4.18. The lowest BCUT2D eigenvalue weighted by atomic mass is 10.1. The average molecular weight is 249 g/mol. The van der Waals surface area contributed by atoms with Gasteiger partial charge in [-0.25, -0.2) is 0 Å². The van der Waals surface area contributed by atoms with Crippen molar-refractivity contribution in [2.24, 2.45) is 4.99 Å². The zero-order chi connectivity index (χ0) is 12.8. The maximum Gasteiger partial charge on any atom is 0.191 e. The second-order valence-corrected chi connectivity index (χ2v) is 4.18. The van der Waals surface area contributed by atoms with Crippen molar-refractivity contribution >= 4 is 5.96 Å². The van der Waals surface area contributed by atoms with Crippen LogP contribution in [-0.2, 0) is 0 Å². The molecular formula is C13H19N3O2. The Labute approximate surface area is 107 Å². The summed E-state index contributed by atoms with van der Waals surface area (Å²) in [5.41, 5.74) is 0.861. The van der Waals surface area contributed by atoms with Crippen LogP contribution in [0.1, 0.15) is 18.1 Å². The molecule has 1 aromatic rings. The van der Waals surface area contributed by atoms with Gasteiger partial charge in [0.15, 0.2) is 5.96 Å². The monoisotopic (exact) mass is 249 g/mol. The molecule has 98 valence electrons. The minimum Gasteiger partial charge on any atom is -0.497 e. The van der Waals surface area contributed by atoms with Gasteiger partial charge in [-0.2, -0.15) is 0 Å². The molecule has 0 radical (unpaired) electrons. The van der Waals surface area contributed by atoms with E-state index in [4.69, 9.17) is 4.74 Å².